The lowest BCUT2D eigenvalue weighted by molar-refractivity contribution is 0.664. The second-order valence-corrected chi connectivity index (χ2v) is 5.90. The van der Waals surface area contributed by atoms with Crippen LogP contribution in [0.3, 0.4) is 0 Å². The van der Waals surface area contributed by atoms with Crippen LogP contribution < -0.4 is 11.0 Å². The highest BCUT2D eigenvalue weighted by molar-refractivity contribution is 6.32. The summed E-state index contributed by atoms with van der Waals surface area (Å²) in [6, 6.07) is 8.53. The Labute approximate surface area is 145 Å². The highest BCUT2D eigenvalue weighted by Crippen LogP contribution is 2.34. The number of aromatic nitrogens is 3. The first-order chi connectivity index (χ1) is 11.6. The Hall–Kier alpha value is -2.57. The van der Waals surface area contributed by atoms with Gasteiger partial charge in [0.15, 0.2) is 17.2 Å². The quantitative estimate of drug-likeness (QED) is 0.587. The van der Waals surface area contributed by atoms with E-state index in [0.717, 1.165) is 0 Å². The summed E-state index contributed by atoms with van der Waals surface area (Å²) >= 11 is 12.3. The third kappa shape index (κ3) is 2.15. The van der Waals surface area contributed by atoms with E-state index in [1.54, 1.807) is 43.6 Å². The van der Waals surface area contributed by atoms with E-state index in [-0.39, 0.29) is 5.82 Å². The highest BCUT2D eigenvalue weighted by atomic mass is 35.5. The molecule has 0 saturated carbocycles. The van der Waals surface area contributed by atoms with E-state index in [2.05, 4.69) is 15.3 Å². The van der Waals surface area contributed by atoms with Gasteiger partial charge in [-0.2, -0.15) is 4.98 Å². The van der Waals surface area contributed by atoms with Gasteiger partial charge >= 0.3 is 5.69 Å². The van der Waals surface area contributed by atoms with E-state index in [1.807, 2.05) is 0 Å². The van der Waals surface area contributed by atoms with Gasteiger partial charge in [-0.25, -0.2) is 14.3 Å². The van der Waals surface area contributed by atoms with Gasteiger partial charge < -0.3 is 9.73 Å². The molecule has 0 spiro atoms. The number of rotatable bonds is 2. The third-order valence-electron chi connectivity index (χ3n) is 3.65. The van der Waals surface area contributed by atoms with Crippen LogP contribution in [0.5, 0.6) is 0 Å². The second kappa shape index (κ2) is 5.51. The van der Waals surface area contributed by atoms with Crippen molar-refractivity contribution in [2.75, 3.05) is 12.4 Å². The van der Waals surface area contributed by atoms with Crippen LogP contribution in [0.15, 0.2) is 45.7 Å². The molecule has 1 N–H and O–H groups in total. The molecule has 4 aromatic rings. The van der Waals surface area contributed by atoms with E-state index >= 15 is 0 Å². The Balaban J connectivity index is 2.27. The summed E-state index contributed by atoms with van der Waals surface area (Å²) in [5.74, 6) is 0.623. The van der Waals surface area contributed by atoms with Crippen LogP contribution in [0.4, 0.5) is 5.82 Å². The molecule has 0 saturated heterocycles. The molecular weight excluding hydrogens is 351 g/mol. The molecule has 0 aliphatic rings. The van der Waals surface area contributed by atoms with Gasteiger partial charge in [-0.05, 0) is 30.3 Å². The monoisotopic (exact) mass is 360 g/mol. The van der Waals surface area contributed by atoms with Crippen molar-refractivity contribution in [1.29, 1.82) is 0 Å². The molecule has 0 aliphatic heterocycles. The predicted molar refractivity (Wildman–Crippen MR) is 94.5 cm³/mol. The van der Waals surface area contributed by atoms with Crippen molar-refractivity contribution in [2.24, 2.45) is 0 Å². The Morgan fingerprint density at radius 3 is 2.83 bits per heavy atom. The molecule has 120 valence electrons. The van der Waals surface area contributed by atoms with Crippen LogP contribution in [0.1, 0.15) is 0 Å². The molecule has 0 unspecified atom stereocenters. The number of pyridine rings is 1. The molecule has 1 aromatic carbocycles. The van der Waals surface area contributed by atoms with Gasteiger partial charge in [0.25, 0.3) is 0 Å². The largest absolute Gasteiger partial charge is 0.450 e. The Morgan fingerprint density at radius 1 is 1.25 bits per heavy atom. The lowest BCUT2D eigenvalue weighted by Gasteiger charge is -2.09. The molecule has 3 aromatic heterocycles. The zero-order chi connectivity index (χ0) is 16.8. The molecule has 8 heteroatoms. The molecule has 0 bridgehead atoms. The number of nitrogens with one attached hydrogen (secondary N) is 1. The molecule has 4 rings (SSSR count). The van der Waals surface area contributed by atoms with E-state index in [4.69, 9.17) is 27.6 Å². The number of fused-ring (bicyclic) bond motifs is 3. The minimum atomic E-state index is -0.518. The number of nitrogens with zero attached hydrogens (tertiary/aromatic N) is 3. The van der Waals surface area contributed by atoms with Crippen molar-refractivity contribution in [1.82, 2.24) is 14.5 Å². The van der Waals surface area contributed by atoms with Gasteiger partial charge in [0.05, 0.1) is 5.02 Å². The highest BCUT2D eigenvalue weighted by Gasteiger charge is 2.20. The molecule has 0 radical (unpaired) electrons. The maximum atomic E-state index is 12.6. The average Bonchev–Trinajstić information content (AvgIpc) is 2.94. The van der Waals surface area contributed by atoms with Gasteiger partial charge in [-0.3, -0.25) is 0 Å². The van der Waals surface area contributed by atoms with E-state index < -0.39 is 5.69 Å². The summed E-state index contributed by atoms with van der Waals surface area (Å²) in [5, 5.41) is 4.41. The number of anilines is 1. The Bertz CT molecular complexity index is 1150. The zero-order valence-corrected chi connectivity index (χ0v) is 13.9. The minimum Gasteiger partial charge on any atom is -0.450 e. The standard InChI is InChI=1S/C16H10Cl2N4O2/c1-19-14-13-12(9-7-8(17)4-5-11(9)24-13)22(16(23)21-14)15-10(18)3-2-6-20-15/h2-7H,1H3,(H,19,21,23). The first-order valence-corrected chi connectivity index (χ1v) is 7.79. The van der Waals surface area contributed by atoms with Crippen LogP contribution in [0.2, 0.25) is 10.0 Å². The molecule has 0 amide bonds. The normalized spacial score (nSPS) is 11.3. The van der Waals surface area contributed by atoms with E-state index in [1.165, 1.54) is 4.57 Å². The topological polar surface area (TPSA) is 73.0 Å². The summed E-state index contributed by atoms with van der Waals surface area (Å²) in [5.41, 5.74) is 1.00. The van der Waals surface area contributed by atoms with Crippen molar-refractivity contribution < 1.29 is 4.42 Å². The Morgan fingerprint density at radius 2 is 2.08 bits per heavy atom. The smallest absolute Gasteiger partial charge is 0.356 e. The van der Waals surface area contributed by atoms with Crippen LogP contribution in [-0.2, 0) is 0 Å². The summed E-state index contributed by atoms with van der Waals surface area (Å²) in [4.78, 5) is 20.9. The van der Waals surface area contributed by atoms with E-state index in [9.17, 15) is 4.79 Å². The molecule has 6 nitrogen and oxygen atoms in total. The zero-order valence-electron chi connectivity index (χ0n) is 12.4. The average molecular weight is 361 g/mol. The summed E-state index contributed by atoms with van der Waals surface area (Å²) in [6.45, 7) is 0. The number of hydrogen-bond donors (Lipinski definition) is 1. The molecule has 0 atom stereocenters. The van der Waals surface area contributed by atoms with Crippen molar-refractivity contribution in [3.8, 4) is 5.82 Å². The van der Waals surface area contributed by atoms with Crippen LogP contribution in [-0.4, -0.2) is 21.6 Å². The van der Waals surface area contributed by atoms with Crippen LogP contribution >= 0.6 is 23.2 Å². The van der Waals surface area contributed by atoms with Gasteiger partial charge in [0.2, 0.25) is 0 Å². The fraction of sp³-hybridized carbons (Fsp3) is 0.0625. The molecule has 0 fully saturated rings. The number of furan rings is 1. The second-order valence-electron chi connectivity index (χ2n) is 5.06. The van der Waals surface area contributed by atoms with E-state index in [0.29, 0.717) is 37.9 Å². The SMILES string of the molecule is CNc1nc(=O)n(-c2ncccc2Cl)c2c1oc1ccc(Cl)cc12. The van der Waals surface area contributed by atoms with Crippen molar-refractivity contribution in [3.05, 3.63) is 57.1 Å². The summed E-state index contributed by atoms with van der Waals surface area (Å²) < 4.78 is 7.21. The van der Waals surface area contributed by atoms with Gasteiger partial charge in [0, 0.05) is 23.7 Å². The number of benzene rings is 1. The van der Waals surface area contributed by atoms with Crippen LogP contribution in [0.25, 0.3) is 27.9 Å². The fourth-order valence-electron chi connectivity index (χ4n) is 2.64. The molecule has 24 heavy (non-hydrogen) atoms. The van der Waals surface area contributed by atoms with Crippen LogP contribution in [0, 0.1) is 0 Å². The van der Waals surface area contributed by atoms with Crippen molar-refractivity contribution in [2.45, 2.75) is 0 Å². The molecular formula is C16H10Cl2N4O2. The lowest BCUT2D eigenvalue weighted by atomic mass is 10.2. The van der Waals surface area contributed by atoms with Gasteiger partial charge in [-0.15, -0.1) is 0 Å². The number of halogens is 2. The van der Waals surface area contributed by atoms with Crippen molar-refractivity contribution >= 4 is 51.1 Å². The fourth-order valence-corrected chi connectivity index (χ4v) is 3.02. The summed E-state index contributed by atoms with van der Waals surface area (Å²) in [7, 11) is 1.67. The maximum Gasteiger partial charge on any atom is 0.356 e. The van der Waals surface area contributed by atoms with Gasteiger partial charge in [-0.1, -0.05) is 23.2 Å². The lowest BCUT2D eigenvalue weighted by Crippen LogP contribution is -2.23. The third-order valence-corrected chi connectivity index (χ3v) is 4.18. The van der Waals surface area contributed by atoms with Gasteiger partial charge in [0.1, 0.15) is 11.1 Å². The molecule has 3 heterocycles. The molecule has 0 aliphatic carbocycles. The maximum absolute atomic E-state index is 12.6. The predicted octanol–water partition coefficient (Wildman–Crippen LogP) is 3.88. The Kier molecular flexibility index (Phi) is 3.44. The first kappa shape index (κ1) is 15.0. The summed E-state index contributed by atoms with van der Waals surface area (Å²) in [6.07, 6.45) is 1.56. The number of hydrogen-bond acceptors (Lipinski definition) is 5. The first-order valence-electron chi connectivity index (χ1n) is 7.03. The van der Waals surface area contributed by atoms with Crippen molar-refractivity contribution in [3.63, 3.8) is 0 Å². The minimum absolute atomic E-state index is 0.284.